The zero-order chi connectivity index (χ0) is 11.5. The second-order valence-electron chi connectivity index (χ2n) is 3.10. The van der Waals surface area contributed by atoms with Crippen LogP contribution in [0.2, 0.25) is 0 Å². The van der Waals surface area contributed by atoms with Crippen molar-refractivity contribution in [2.45, 2.75) is 0 Å². The van der Waals surface area contributed by atoms with Crippen molar-refractivity contribution in [1.29, 1.82) is 0 Å². The van der Waals surface area contributed by atoms with Crippen LogP contribution in [0.3, 0.4) is 0 Å². The Morgan fingerprint density at radius 3 is 2.62 bits per heavy atom. The summed E-state index contributed by atoms with van der Waals surface area (Å²) in [5.74, 6) is -0.307. The lowest BCUT2D eigenvalue weighted by Crippen LogP contribution is -1.94. The number of hydrogen-bond acceptors (Lipinski definition) is 2. The van der Waals surface area contributed by atoms with E-state index in [0.29, 0.717) is 10.2 Å². The van der Waals surface area contributed by atoms with Gasteiger partial charge in [0.15, 0.2) is 0 Å². The lowest BCUT2D eigenvalue weighted by molar-refractivity contribution is 0.631. The van der Waals surface area contributed by atoms with Crippen LogP contribution in [0.5, 0.6) is 0 Å². The quantitative estimate of drug-likeness (QED) is 0.867. The summed E-state index contributed by atoms with van der Waals surface area (Å²) in [4.78, 5) is 3.93. The predicted molar refractivity (Wildman–Crippen MR) is 69.3 cm³/mol. The van der Waals surface area contributed by atoms with Crippen molar-refractivity contribution in [3.8, 4) is 0 Å². The minimum Gasteiger partial charge on any atom is -0.352 e. The zero-order valence-corrected chi connectivity index (χ0v) is 11.2. The van der Waals surface area contributed by atoms with E-state index in [1.54, 1.807) is 30.6 Å². The summed E-state index contributed by atoms with van der Waals surface area (Å²) < 4.78 is 15.0. The molecule has 0 amide bonds. The molecule has 5 heteroatoms. The van der Waals surface area contributed by atoms with Crippen LogP contribution in [0.15, 0.2) is 45.6 Å². The molecule has 2 rings (SSSR count). The first-order valence-corrected chi connectivity index (χ1v) is 6.07. The van der Waals surface area contributed by atoms with Crippen LogP contribution in [0.1, 0.15) is 0 Å². The van der Waals surface area contributed by atoms with Crippen molar-refractivity contribution in [3.63, 3.8) is 0 Å². The van der Waals surface area contributed by atoms with Gasteiger partial charge in [-0.1, -0.05) is 15.9 Å². The van der Waals surface area contributed by atoms with Crippen molar-refractivity contribution in [1.82, 2.24) is 4.98 Å². The third kappa shape index (κ3) is 2.59. The molecule has 1 heterocycles. The summed E-state index contributed by atoms with van der Waals surface area (Å²) in [5, 5.41) is 2.98. The summed E-state index contributed by atoms with van der Waals surface area (Å²) in [7, 11) is 0. The van der Waals surface area contributed by atoms with Crippen molar-refractivity contribution >= 4 is 43.2 Å². The van der Waals surface area contributed by atoms with Gasteiger partial charge in [0.05, 0.1) is 15.8 Å². The third-order valence-electron chi connectivity index (χ3n) is 1.97. The molecule has 0 saturated carbocycles. The topological polar surface area (TPSA) is 24.9 Å². The standard InChI is InChI=1S/C11H7Br2FN2/c12-7-1-2-11(9(14)5-7)16-10-3-4-15-6-8(10)13/h1-6H,(H,15,16). The van der Waals surface area contributed by atoms with Gasteiger partial charge < -0.3 is 5.32 Å². The Kier molecular flexibility index (Phi) is 3.56. The lowest BCUT2D eigenvalue weighted by Gasteiger charge is -2.08. The Hall–Kier alpha value is -0.940. The molecule has 2 nitrogen and oxygen atoms in total. The zero-order valence-electron chi connectivity index (χ0n) is 8.05. The number of aromatic nitrogens is 1. The maximum Gasteiger partial charge on any atom is 0.147 e. The van der Waals surface area contributed by atoms with Gasteiger partial charge in [-0.05, 0) is 40.2 Å². The first-order chi connectivity index (χ1) is 7.66. The molecule has 1 N–H and O–H groups in total. The van der Waals surface area contributed by atoms with Crippen molar-refractivity contribution in [2.24, 2.45) is 0 Å². The molecule has 1 aromatic heterocycles. The molecule has 0 radical (unpaired) electrons. The molecule has 0 unspecified atom stereocenters. The predicted octanol–water partition coefficient (Wildman–Crippen LogP) is 4.49. The number of nitrogens with one attached hydrogen (secondary N) is 1. The lowest BCUT2D eigenvalue weighted by atomic mass is 10.3. The van der Waals surface area contributed by atoms with Crippen molar-refractivity contribution in [2.75, 3.05) is 5.32 Å². The smallest absolute Gasteiger partial charge is 0.147 e. The first-order valence-electron chi connectivity index (χ1n) is 4.48. The number of hydrogen-bond donors (Lipinski definition) is 1. The van der Waals surface area contributed by atoms with Crippen LogP contribution < -0.4 is 5.32 Å². The Balaban J connectivity index is 2.31. The van der Waals surface area contributed by atoms with E-state index >= 15 is 0 Å². The van der Waals surface area contributed by atoms with Crippen LogP contribution in [0.25, 0.3) is 0 Å². The average Bonchev–Trinajstić information content (AvgIpc) is 2.25. The van der Waals surface area contributed by atoms with E-state index < -0.39 is 0 Å². The normalized spacial score (nSPS) is 10.2. The molecule has 0 aliphatic carbocycles. The Bertz CT molecular complexity index is 517. The fraction of sp³-hybridized carbons (Fsp3) is 0. The van der Waals surface area contributed by atoms with Crippen LogP contribution >= 0.6 is 31.9 Å². The molecule has 82 valence electrons. The van der Waals surface area contributed by atoms with E-state index in [-0.39, 0.29) is 5.82 Å². The fourth-order valence-corrected chi connectivity index (χ4v) is 1.90. The van der Waals surface area contributed by atoms with Gasteiger partial charge in [0, 0.05) is 16.9 Å². The van der Waals surface area contributed by atoms with E-state index in [9.17, 15) is 4.39 Å². The van der Waals surface area contributed by atoms with Gasteiger partial charge in [-0.25, -0.2) is 4.39 Å². The summed E-state index contributed by atoms with van der Waals surface area (Å²) in [6, 6.07) is 6.63. The third-order valence-corrected chi connectivity index (χ3v) is 3.10. The number of nitrogens with zero attached hydrogens (tertiary/aromatic N) is 1. The van der Waals surface area contributed by atoms with Gasteiger partial charge >= 0.3 is 0 Å². The summed E-state index contributed by atoms with van der Waals surface area (Å²) >= 11 is 6.55. The van der Waals surface area contributed by atoms with Crippen LogP contribution in [-0.4, -0.2) is 4.98 Å². The molecule has 0 spiro atoms. The summed E-state index contributed by atoms with van der Waals surface area (Å²) in [5.41, 5.74) is 1.20. The highest BCUT2D eigenvalue weighted by Gasteiger charge is 2.04. The minimum atomic E-state index is -0.307. The van der Waals surface area contributed by atoms with E-state index in [1.165, 1.54) is 6.07 Å². The second kappa shape index (κ2) is 4.93. The Morgan fingerprint density at radius 1 is 1.12 bits per heavy atom. The molecule has 0 fully saturated rings. The number of halogens is 3. The van der Waals surface area contributed by atoms with Crippen molar-refractivity contribution < 1.29 is 4.39 Å². The number of anilines is 2. The molecule has 0 aliphatic heterocycles. The average molecular weight is 346 g/mol. The summed E-state index contributed by atoms with van der Waals surface area (Å²) in [6.45, 7) is 0. The highest BCUT2D eigenvalue weighted by Crippen LogP contribution is 2.27. The molecular weight excluding hydrogens is 339 g/mol. The monoisotopic (exact) mass is 344 g/mol. The summed E-state index contributed by atoms with van der Waals surface area (Å²) in [6.07, 6.45) is 3.29. The largest absolute Gasteiger partial charge is 0.352 e. The molecule has 0 bridgehead atoms. The van der Waals surface area contributed by atoms with Crippen LogP contribution in [0, 0.1) is 5.82 Å². The molecule has 0 aliphatic rings. The SMILES string of the molecule is Fc1cc(Br)ccc1Nc1ccncc1Br. The van der Waals surface area contributed by atoms with E-state index in [1.807, 2.05) is 0 Å². The van der Waals surface area contributed by atoms with Crippen LogP contribution in [-0.2, 0) is 0 Å². The second-order valence-corrected chi connectivity index (χ2v) is 4.87. The number of pyridine rings is 1. The van der Waals surface area contributed by atoms with Crippen LogP contribution in [0.4, 0.5) is 15.8 Å². The highest BCUT2D eigenvalue weighted by atomic mass is 79.9. The maximum absolute atomic E-state index is 13.5. The molecule has 1 aromatic carbocycles. The van der Waals surface area contributed by atoms with Gasteiger partial charge in [0.25, 0.3) is 0 Å². The number of benzene rings is 1. The fourth-order valence-electron chi connectivity index (χ4n) is 1.21. The number of rotatable bonds is 2. The molecule has 2 aromatic rings. The minimum absolute atomic E-state index is 0.307. The van der Waals surface area contributed by atoms with Crippen molar-refractivity contribution in [3.05, 3.63) is 51.4 Å². The van der Waals surface area contributed by atoms with E-state index in [4.69, 9.17) is 0 Å². The first kappa shape index (κ1) is 11.5. The molecule has 0 atom stereocenters. The van der Waals surface area contributed by atoms with E-state index in [2.05, 4.69) is 42.2 Å². The van der Waals surface area contributed by atoms with Gasteiger partial charge in [-0.15, -0.1) is 0 Å². The molecule has 0 saturated heterocycles. The van der Waals surface area contributed by atoms with Gasteiger partial charge in [0.1, 0.15) is 5.82 Å². The highest BCUT2D eigenvalue weighted by molar-refractivity contribution is 9.10. The van der Waals surface area contributed by atoms with Gasteiger partial charge in [-0.2, -0.15) is 0 Å². The Labute approximate surface area is 109 Å². The van der Waals surface area contributed by atoms with E-state index in [0.717, 1.165) is 10.2 Å². The molecule has 16 heavy (non-hydrogen) atoms. The Morgan fingerprint density at radius 2 is 1.94 bits per heavy atom. The van der Waals surface area contributed by atoms with Gasteiger partial charge in [-0.3, -0.25) is 4.98 Å². The van der Waals surface area contributed by atoms with Gasteiger partial charge in [0.2, 0.25) is 0 Å². The molecular formula is C11H7Br2FN2. The maximum atomic E-state index is 13.5.